The van der Waals surface area contributed by atoms with E-state index in [1.54, 1.807) is 24.3 Å². The Bertz CT molecular complexity index is 777. The summed E-state index contributed by atoms with van der Waals surface area (Å²) in [5.74, 6) is 0.679. The maximum absolute atomic E-state index is 12.9. The molecule has 0 radical (unpaired) electrons. The van der Waals surface area contributed by atoms with Crippen molar-refractivity contribution >= 4 is 29.1 Å². The minimum Gasteiger partial charge on any atom is -0.349 e. The molecule has 0 saturated heterocycles. The topological polar surface area (TPSA) is 62.7 Å². The molecule has 0 aliphatic carbocycles. The van der Waals surface area contributed by atoms with Gasteiger partial charge in [0.05, 0.1) is 6.20 Å². The van der Waals surface area contributed by atoms with Gasteiger partial charge in [-0.3, -0.25) is 0 Å². The van der Waals surface area contributed by atoms with E-state index in [1.165, 1.54) is 18.3 Å². The van der Waals surface area contributed by atoms with Crippen LogP contribution in [0.25, 0.3) is 0 Å². The van der Waals surface area contributed by atoms with Crippen LogP contribution in [0.2, 0.25) is 5.02 Å². The molecule has 5 nitrogen and oxygen atoms in total. The van der Waals surface area contributed by atoms with Gasteiger partial charge >= 0.3 is 0 Å². The van der Waals surface area contributed by atoms with Gasteiger partial charge in [0.15, 0.2) is 5.82 Å². The van der Waals surface area contributed by atoms with Crippen LogP contribution in [0.1, 0.15) is 5.56 Å². The number of aromatic nitrogens is 3. The Morgan fingerprint density at radius 1 is 1.00 bits per heavy atom. The number of hydrogen-bond donors (Lipinski definition) is 2. The second kappa shape index (κ2) is 7.02. The molecule has 3 rings (SSSR count). The molecule has 3 aromatic rings. The van der Waals surface area contributed by atoms with Crippen LogP contribution in [0.4, 0.5) is 21.8 Å². The third-order valence-corrected chi connectivity index (χ3v) is 3.29. The molecule has 116 valence electrons. The van der Waals surface area contributed by atoms with Gasteiger partial charge in [-0.25, -0.2) is 4.39 Å². The fourth-order valence-electron chi connectivity index (χ4n) is 1.90. The number of anilines is 3. The predicted molar refractivity (Wildman–Crippen MR) is 88.3 cm³/mol. The molecule has 1 aromatic heterocycles. The maximum Gasteiger partial charge on any atom is 0.244 e. The van der Waals surface area contributed by atoms with E-state index in [0.29, 0.717) is 23.3 Å². The summed E-state index contributed by atoms with van der Waals surface area (Å²) in [5.41, 5.74) is 1.77. The summed E-state index contributed by atoms with van der Waals surface area (Å²) in [5, 5.41) is 14.6. The van der Waals surface area contributed by atoms with E-state index in [1.807, 2.05) is 12.1 Å². The highest BCUT2D eigenvalue weighted by molar-refractivity contribution is 6.30. The summed E-state index contributed by atoms with van der Waals surface area (Å²) in [7, 11) is 0. The molecule has 2 aromatic carbocycles. The molecule has 0 amide bonds. The number of nitrogens with zero attached hydrogens (tertiary/aromatic N) is 3. The van der Waals surface area contributed by atoms with Gasteiger partial charge in [0, 0.05) is 17.3 Å². The molecule has 1 heterocycles. The zero-order valence-electron chi connectivity index (χ0n) is 12.0. The first-order valence-corrected chi connectivity index (χ1v) is 7.27. The average Bonchev–Trinajstić information content (AvgIpc) is 2.57. The van der Waals surface area contributed by atoms with Gasteiger partial charge in [-0.1, -0.05) is 23.7 Å². The van der Waals surface area contributed by atoms with Gasteiger partial charge in [0.2, 0.25) is 5.95 Å². The third kappa shape index (κ3) is 4.37. The van der Waals surface area contributed by atoms with Crippen LogP contribution < -0.4 is 10.6 Å². The van der Waals surface area contributed by atoms with Crippen LogP contribution in [0.5, 0.6) is 0 Å². The molecular weight excluding hydrogens is 317 g/mol. The summed E-state index contributed by atoms with van der Waals surface area (Å²) in [6.07, 6.45) is 1.53. The minimum atomic E-state index is -0.263. The lowest BCUT2D eigenvalue weighted by molar-refractivity contribution is 0.627. The van der Waals surface area contributed by atoms with E-state index >= 15 is 0 Å². The van der Waals surface area contributed by atoms with Crippen LogP contribution >= 0.6 is 11.6 Å². The van der Waals surface area contributed by atoms with Crippen molar-refractivity contribution in [1.82, 2.24) is 15.2 Å². The van der Waals surface area contributed by atoms with Crippen LogP contribution in [0, 0.1) is 5.82 Å². The Kier molecular flexibility index (Phi) is 4.63. The highest BCUT2D eigenvalue weighted by atomic mass is 35.5. The number of benzene rings is 2. The highest BCUT2D eigenvalue weighted by Crippen LogP contribution is 2.17. The Morgan fingerprint density at radius 3 is 2.48 bits per heavy atom. The second-order valence-electron chi connectivity index (χ2n) is 4.78. The summed E-state index contributed by atoms with van der Waals surface area (Å²) < 4.78 is 12.9. The van der Waals surface area contributed by atoms with Crippen molar-refractivity contribution in [3.05, 3.63) is 71.1 Å². The lowest BCUT2D eigenvalue weighted by Crippen LogP contribution is -2.06. The number of rotatable bonds is 5. The van der Waals surface area contributed by atoms with Crippen molar-refractivity contribution in [2.45, 2.75) is 6.54 Å². The number of nitrogens with one attached hydrogen (secondary N) is 2. The molecule has 0 fully saturated rings. The Hall–Kier alpha value is -2.73. The van der Waals surface area contributed by atoms with E-state index in [9.17, 15) is 4.39 Å². The summed E-state index contributed by atoms with van der Waals surface area (Å²) in [4.78, 5) is 4.32. The first-order chi connectivity index (χ1) is 11.2. The molecule has 23 heavy (non-hydrogen) atoms. The zero-order chi connectivity index (χ0) is 16.1. The molecule has 2 N–H and O–H groups in total. The lowest BCUT2D eigenvalue weighted by Gasteiger charge is -2.08. The molecule has 0 saturated carbocycles. The molecule has 0 unspecified atom stereocenters. The van der Waals surface area contributed by atoms with Crippen molar-refractivity contribution in [3.8, 4) is 0 Å². The first-order valence-electron chi connectivity index (χ1n) is 6.90. The normalized spacial score (nSPS) is 10.3. The third-order valence-electron chi connectivity index (χ3n) is 3.04. The Balaban J connectivity index is 1.65. The standard InChI is InChI=1S/C16H13ClFN5/c17-12-3-7-14(8-4-12)21-15-10-20-23-16(22-15)19-9-11-1-5-13(18)6-2-11/h1-8,10H,9H2,(H2,19,21,22,23). The van der Waals surface area contributed by atoms with Crippen LogP contribution in [0.15, 0.2) is 54.7 Å². The molecular formula is C16H13ClFN5. The molecule has 0 aliphatic rings. The van der Waals surface area contributed by atoms with Gasteiger partial charge in [-0.15, -0.1) is 5.10 Å². The maximum atomic E-state index is 12.9. The smallest absolute Gasteiger partial charge is 0.244 e. The van der Waals surface area contributed by atoms with Crippen molar-refractivity contribution in [1.29, 1.82) is 0 Å². The number of hydrogen-bond acceptors (Lipinski definition) is 5. The highest BCUT2D eigenvalue weighted by Gasteiger charge is 2.02. The van der Waals surface area contributed by atoms with E-state index in [2.05, 4.69) is 25.8 Å². The molecule has 0 atom stereocenters. The van der Waals surface area contributed by atoms with Crippen molar-refractivity contribution in [2.24, 2.45) is 0 Å². The second-order valence-corrected chi connectivity index (χ2v) is 5.21. The Morgan fingerprint density at radius 2 is 1.74 bits per heavy atom. The van der Waals surface area contributed by atoms with Gasteiger partial charge in [0.1, 0.15) is 5.82 Å². The van der Waals surface area contributed by atoms with Gasteiger partial charge < -0.3 is 10.6 Å². The Labute approximate surface area is 137 Å². The predicted octanol–water partition coefficient (Wildman–Crippen LogP) is 4.02. The average molecular weight is 330 g/mol. The quantitative estimate of drug-likeness (QED) is 0.740. The van der Waals surface area contributed by atoms with E-state index in [4.69, 9.17) is 11.6 Å². The van der Waals surface area contributed by atoms with E-state index in [0.717, 1.165) is 11.3 Å². The van der Waals surface area contributed by atoms with E-state index < -0.39 is 0 Å². The van der Waals surface area contributed by atoms with E-state index in [-0.39, 0.29) is 5.82 Å². The van der Waals surface area contributed by atoms with Crippen molar-refractivity contribution in [3.63, 3.8) is 0 Å². The van der Waals surface area contributed by atoms with Gasteiger partial charge in [0.25, 0.3) is 0 Å². The SMILES string of the molecule is Fc1ccc(CNc2nncc(Nc3ccc(Cl)cc3)n2)cc1. The number of halogens is 2. The first kappa shape index (κ1) is 15.2. The van der Waals surface area contributed by atoms with Crippen molar-refractivity contribution < 1.29 is 4.39 Å². The summed E-state index contributed by atoms with van der Waals surface area (Å²) >= 11 is 5.85. The lowest BCUT2D eigenvalue weighted by atomic mass is 10.2. The minimum absolute atomic E-state index is 0.263. The zero-order valence-corrected chi connectivity index (χ0v) is 12.8. The molecule has 0 bridgehead atoms. The van der Waals surface area contributed by atoms with Crippen LogP contribution in [0.3, 0.4) is 0 Å². The van der Waals surface area contributed by atoms with Crippen LogP contribution in [-0.2, 0) is 6.54 Å². The van der Waals surface area contributed by atoms with Crippen LogP contribution in [-0.4, -0.2) is 15.2 Å². The molecule has 0 aliphatic heterocycles. The van der Waals surface area contributed by atoms with Gasteiger partial charge in [-0.2, -0.15) is 10.1 Å². The molecule has 7 heteroatoms. The fraction of sp³-hybridized carbons (Fsp3) is 0.0625. The summed E-state index contributed by atoms with van der Waals surface area (Å²) in [6.45, 7) is 0.479. The fourth-order valence-corrected chi connectivity index (χ4v) is 2.03. The van der Waals surface area contributed by atoms with Gasteiger partial charge in [-0.05, 0) is 42.0 Å². The largest absolute Gasteiger partial charge is 0.349 e. The monoisotopic (exact) mass is 329 g/mol. The summed E-state index contributed by atoms with van der Waals surface area (Å²) in [6, 6.07) is 13.5. The van der Waals surface area contributed by atoms with Crippen molar-refractivity contribution in [2.75, 3.05) is 10.6 Å². The molecule has 0 spiro atoms.